The summed E-state index contributed by atoms with van der Waals surface area (Å²) in [7, 11) is 0. The zero-order valence-corrected chi connectivity index (χ0v) is 10.6. The van der Waals surface area contributed by atoms with Crippen LogP contribution in [0, 0.1) is 0 Å². The summed E-state index contributed by atoms with van der Waals surface area (Å²) >= 11 is 0. The average molecular weight is 284 g/mol. The highest BCUT2D eigenvalue weighted by molar-refractivity contribution is 5.82. The van der Waals surface area contributed by atoms with E-state index in [1.54, 1.807) is 18.2 Å². The van der Waals surface area contributed by atoms with E-state index < -0.39 is 30.8 Å². The van der Waals surface area contributed by atoms with Crippen molar-refractivity contribution in [3.05, 3.63) is 23.8 Å². The highest BCUT2D eigenvalue weighted by Crippen LogP contribution is 2.35. The molecule has 5 nitrogen and oxygen atoms in total. The van der Waals surface area contributed by atoms with Crippen molar-refractivity contribution in [2.45, 2.75) is 24.9 Å². The second-order valence-corrected chi connectivity index (χ2v) is 4.86. The van der Waals surface area contributed by atoms with Crippen LogP contribution in [0.4, 0.5) is 8.78 Å². The molecule has 0 radical (unpaired) electrons. The van der Waals surface area contributed by atoms with Crippen LogP contribution < -0.4 is 20.1 Å². The van der Waals surface area contributed by atoms with E-state index in [0.29, 0.717) is 11.5 Å². The van der Waals surface area contributed by atoms with E-state index in [0.717, 1.165) is 5.56 Å². The largest absolute Gasteiger partial charge is 0.454 e. The molecule has 0 bridgehead atoms. The van der Waals surface area contributed by atoms with Gasteiger partial charge in [0.1, 0.15) is 0 Å². The van der Waals surface area contributed by atoms with Crippen LogP contribution in [0.5, 0.6) is 11.5 Å². The molecule has 2 heterocycles. The monoisotopic (exact) mass is 284 g/mol. The van der Waals surface area contributed by atoms with Gasteiger partial charge in [-0.15, -0.1) is 0 Å². The minimum absolute atomic E-state index is 0.150. The lowest BCUT2D eigenvalue weighted by Crippen LogP contribution is -2.40. The van der Waals surface area contributed by atoms with Crippen LogP contribution in [0.2, 0.25) is 0 Å². The Labute approximate surface area is 114 Å². The Balaban J connectivity index is 1.60. The molecule has 1 aromatic rings. The molecule has 1 aromatic carbocycles. The highest BCUT2D eigenvalue weighted by Gasteiger charge is 2.42. The molecule has 2 aliphatic heterocycles. The van der Waals surface area contributed by atoms with Crippen molar-refractivity contribution in [3.8, 4) is 11.5 Å². The van der Waals surface area contributed by atoms with Crippen molar-refractivity contribution >= 4 is 5.91 Å². The Hall–Kier alpha value is -1.89. The van der Waals surface area contributed by atoms with Gasteiger partial charge in [-0.3, -0.25) is 10.1 Å². The Morgan fingerprint density at radius 1 is 1.45 bits per heavy atom. The van der Waals surface area contributed by atoms with Crippen molar-refractivity contribution in [2.75, 3.05) is 13.3 Å². The first-order valence-electron chi connectivity index (χ1n) is 6.32. The van der Waals surface area contributed by atoms with Gasteiger partial charge in [0.05, 0.1) is 12.6 Å². The maximum atomic E-state index is 13.0. The minimum atomic E-state index is -2.81. The molecule has 108 valence electrons. The molecule has 1 atom stereocenters. The first kappa shape index (κ1) is 13.1. The molecule has 1 fully saturated rings. The predicted octanol–water partition coefficient (Wildman–Crippen LogP) is 1.03. The normalized spacial score (nSPS) is 22.8. The van der Waals surface area contributed by atoms with Crippen LogP contribution in [0.25, 0.3) is 0 Å². The van der Waals surface area contributed by atoms with Gasteiger partial charge in [-0.25, -0.2) is 8.78 Å². The van der Waals surface area contributed by atoms with Crippen LogP contribution in [0.15, 0.2) is 18.2 Å². The number of hydrogen-bond acceptors (Lipinski definition) is 4. The van der Waals surface area contributed by atoms with Crippen LogP contribution in [0.3, 0.4) is 0 Å². The van der Waals surface area contributed by atoms with Crippen LogP contribution in [0.1, 0.15) is 12.0 Å². The third-order valence-corrected chi connectivity index (χ3v) is 3.36. The first-order chi connectivity index (χ1) is 9.55. The van der Waals surface area contributed by atoms with E-state index in [4.69, 9.17) is 9.47 Å². The molecule has 0 aromatic heterocycles. The van der Waals surface area contributed by atoms with Crippen molar-refractivity contribution < 1.29 is 23.0 Å². The van der Waals surface area contributed by atoms with E-state index in [2.05, 4.69) is 10.6 Å². The predicted molar refractivity (Wildman–Crippen MR) is 65.8 cm³/mol. The number of alkyl halides is 2. The molecular weight excluding hydrogens is 270 g/mol. The fraction of sp³-hybridized carbons (Fsp3) is 0.462. The third kappa shape index (κ3) is 2.53. The Kier molecular flexibility index (Phi) is 3.21. The molecule has 3 rings (SSSR count). The van der Waals surface area contributed by atoms with Crippen molar-refractivity contribution in [1.82, 2.24) is 10.6 Å². The highest BCUT2D eigenvalue weighted by atomic mass is 19.3. The smallest absolute Gasteiger partial charge is 0.262 e. The standard InChI is InChI=1S/C13H14F2N2O3/c14-13(15)4-9(17-6-13)12(18)16-5-8-2-1-3-10-11(8)20-7-19-10/h1-3,9,17H,4-7H2,(H,16,18). The summed E-state index contributed by atoms with van der Waals surface area (Å²) < 4.78 is 36.6. The lowest BCUT2D eigenvalue weighted by molar-refractivity contribution is -0.123. The molecule has 2 aliphatic rings. The van der Waals surface area contributed by atoms with E-state index in [1.165, 1.54) is 0 Å². The van der Waals surface area contributed by atoms with Gasteiger partial charge in [0.2, 0.25) is 12.7 Å². The van der Waals surface area contributed by atoms with Gasteiger partial charge in [0, 0.05) is 18.5 Å². The zero-order chi connectivity index (χ0) is 14.2. The number of fused-ring (bicyclic) bond motifs is 1. The number of para-hydroxylation sites is 1. The molecule has 7 heteroatoms. The summed E-state index contributed by atoms with van der Waals surface area (Å²) in [6, 6.07) is 4.51. The topological polar surface area (TPSA) is 59.6 Å². The molecule has 1 unspecified atom stereocenters. The summed E-state index contributed by atoms with van der Waals surface area (Å²) in [5.41, 5.74) is 0.762. The number of halogens is 2. The minimum Gasteiger partial charge on any atom is -0.454 e. The molecule has 20 heavy (non-hydrogen) atoms. The van der Waals surface area contributed by atoms with Crippen molar-refractivity contribution in [3.63, 3.8) is 0 Å². The molecule has 1 saturated heterocycles. The fourth-order valence-electron chi connectivity index (χ4n) is 2.34. The summed E-state index contributed by atoms with van der Waals surface area (Å²) in [5, 5.41) is 5.16. The third-order valence-electron chi connectivity index (χ3n) is 3.36. The summed E-state index contributed by atoms with van der Waals surface area (Å²) in [6.45, 7) is -0.0887. The number of hydrogen-bond donors (Lipinski definition) is 2. The molecule has 0 saturated carbocycles. The maximum absolute atomic E-state index is 13.0. The number of amides is 1. The number of rotatable bonds is 3. The van der Waals surface area contributed by atoms with Gasteiger partial charge in [-0.05, 0) is 6.07 Å². The van der Waals surface area contributed by atoms with Gasteiger partial charge in [-0.2, -0.15) is 0 Å². The van der Waals surface area contributed by atoms with Crippen LogP contribution in [-0.2, 0) is 11.3 Å². The second-order valence-electron chi connectivity index (χ2n) is 4.86. The summed E-state index contributed by atoms with van der Waals surface area (Å²) in [4.78, 5) is 11.8. The average Bonchev–Trinajstić information content (AvgIpc) is 3.02. The quantitative estimate of drug-likeness (QED) is 0.870. The lowest BCUT2D eigenvalue weighted by atomic mass is 10.1. The molecular formula is C13H14F2N2O3. The van der Waals surface area contributed by atoms with Gasteiger partial charge in [-0.1, -0.05) is 12.1 Å². The maximum Gasteiger partial charge on any atom is 0.262 e. The van der Waals surface area contributed by atoms with Gasteiger partial charge in [0.25, 0.3) is 5.92 Å². The van der Waals surface area contributed by atoms with E-state index >= 15 is 0 Å². The number of nitrogens with one attached hydrogen (secondary N) is 2. The number of ether oxygens (including phenoxy) is 2. The number of carbonyl (C=O) groups excluding carboxylic acids is 1. The fourth-order valence-corrected chi connectivity index (χ4v) is 2.34. The zero-order valence-electron chi connectivity index (χ0n) is 10.6. The van der Waals surface area contributed by atoms with Gasteiger partial charge in [0.15, 0.2) is 11.5 Å². The molecule has 0 aliphatic carbocycles. The molecule has 0 spiro atoms. The van der Waals surface area contributed by atoms with Crippen LogP contribution in [-0.4, -0.2) is 31.2 Å². The van der Waals surface area contributed by atoms with Gasteiger partial charge < -0.3 is 14.8 Å². The molecule has 1 amide bonds. The first-order valence-corrected chi connectivity index (χ1v) is 6.32. The van der Waals surface area contributed by atoms with Crippen molar-refractivity contribution in [2.24, 2.45) is 0 Å². The Morgan fingerprint density at radius 2 is 2.30 bits per heavy atom. The van der Waals surface area contributed by atoms with Gasteiger partial charge >= 0.3 is 0 Å². The molecule has 2 N–H and O–H groups in total. The van der Waals surface area contributed by atoms with Crippen molar-refractivity contribution in [1.29, 1.82) is 0 Å². The summed E-state index contributed by atoms with van der Waals surface area (Å²) in [6.07, 6.45) is -0.467. The van der Waals surface area contributed by atoms with E-state index in [1.807, 2.05) is 0 Å². The lowest BCUT2D eigenvalue weighted by Gasteiger charge is -2.12. The SMILES string of the molecule is O=C(NCc1cccc2c1OCO2)C1CC(F)(F)CN1. The number of carbonyl (C=O) groups is 1. The Bertz CT molecular complexity index is 536. The second kappa shape index (κ2) is 4.90. The Morgan fingerprint density at radius 3 is 3.05 bits per heavy atom. The van der Waals surface area contributed by atoms with E-state index in [-0.39, 0.29) is 13.3 Å². The van der Waals surface area contributed by atoms with E-state index in [9.17, 15) is 13.6 Å². The number of benzene rings is 1. The summed E-state index contributed by atoms with van der Waals surface area (Å²) in [5.74, 6) is -2.02. The van der Waals surface area contributed by atoms with Crippen LogP contribution >= 0.6 is 0 Å².